The van der Waals surface area contributed by atoms with Gasteiger partial charge in [0, 0.05) is 35.3 Å². The van der Waals surface area contributed by atoms with Gasteiger partial charge < -0.3 is 10.1 Å². The molecule has 1 saturated carbocycles. The molecule has 7 heteroatoms. The zero-order valence-corrected chi connectivity index (χ0v) is 17.4. The quantitative estimate of drug-likeness (QED) is 0.808. The van der Waals surface area contributed by atoms with Gasteiger partial charge in [0.2, 0.25) is 5.91 Å². The van der Waals surface area contributed by atoms with Gasteiger partial charge >= 0.3 is 6.09 Å². The van der Waals surface area contributed by atoms with Crippen molar-refractivity contribution in [2.75, 3.05) is 18.0 Å². The summed E-state index contributed by atoms with van der Waals surface area (Å²) >= 11 is 0. The van der Waals surface area contributed by atoms with Crippen molar-refractivity contribution in [2.45, 2.75) is 63.9 Å². The van der Waals surface area contributed by atoms with Crippen LogP contribution in [0.2, 0.25) is 0 Å². The summed E-state index contributed by atoms with van der Waals surface area (Å²) in [5.41, 5.74) is 7.08. The van der Waals surface area contributed by atoms with Crippen LogP contribution in [0.3, 0.4) is 0 Å². The Morgan fingerprint density at radius 1 is 1.27 bits per heavy atom. The van der Waals surface area contributed by atoms with E-state index in [-0.39, 0.29) is 18.1 Å². The fraction of sp³-hybridized carbons (Fsp3) is 0.522. The number of ether oxygens (including phenoxy) is 1. The van der Waals surface area contributed by atoms with Crippen molar-refractivity contribution < 1.29 is 14.3 Å². The lowest BCUT2D eigenvalue weighted by molar-refractivity contribution is -0.119. The average Bonchev–Trinajstić information content (AvgIpc) is 3.44. The number of carbonyl (C=O) groups is 2. The number of hydrogen-bond acceptors (Lipinski definition) is 4. The predicted octanol–water partition coefficient (Wildman–Crippen LogP) is 3.68. The first-order valence-electron chi connectivity index (χ1n) is 11.0. The molecule has 2 fully saturated rings. The molecule has 158 valence electrons. The lowest BCUT2D eigenvalue weighted by Gasteiger charge is -2.16. The van der Waals surface area contributed by atoms with Gasteiger partial charge in [-0.15, -0.1) is 0 Å². The molecular formula is C23H28N4O3. The first kappa shape index (κ1) is 19.2. The summed E-state index contributed by atoms with van der Waals surface area (Å²) in [5, 5.41) is 10.8. The topological polar surface area (TPSA) is 87.3 Å². The molecular weight excluding hydrogens is 380 g/mol. The van der Waals surface area contributed by atoms with Crippen LogP contribution in [0.1, 0.15) is 61.8 Å². The molecule has 1 aromatic carbocycles. The molecule has 1 saturated heterocycles. The molecule has 5 rings (SSSR count). The Bertz CT molecular complexity index is 977. The molecule has 2 amide bonds. The van der Waals surface area contributed by atoms with E-state index in [1.165, 1.54) is 55.0 Å². The molecule has 2 heterocycles. The maximum Gasteiger partial charge on any atom is 0.414 e. The number of nitrogens with one attached hydrogen (secondary N) is 2. The van der Waals surface area contributed by atoms with E-state index in [4.69, 9.17) is 9.84 Å². The zero-order valence-electron chi connectivity index (χ0n) is 17.4. The Morgan fingerprint density at radius 3 is 2.90 bits per heavy atom. The highest BCUT2D eigenvalue weighted by atomic mass is 16.6. The van der Waals surface area contributed by atoms with Gasteiger partial charge in [0.1, 0.15) is 6.10 Å². The van der Waals surface area contributed by atoms with Gasteiger partial charge in [0.25, 0.3) is 0 Å². The molecule has 30 heavy (non-hydrogen) atoms. The molecule has 1 aliphatic heterocycles. The number of carbonyl (C=O) groups excluding carboxylic acids is 2. The van der Waals surface area contributed by atoms with Crippen LogP contribution in [0.25, 0.3) is 11.3 Å². The maximum absolute atomic E-state index is 12.4. The first-order valence-corrected chi connectivity index (χ1v) is 11.0. The number of aryl methyl sites for hydroxylation is 1. The van der Waals surface area contributed by atoms with Crippen LogP contribution >= 0.6 is 0 Å². The lowest BCUT2D eigenvalue weighted by atomic mass is 9.95. The molecule has 2 aliphatic carbocycles. The zero-order chi connectivity index (χ0) is 20.7. The number of cyclic esters (lactones) is 1. The number of anilines is 1. The Kier molecular flexibility index (Phi) is 4.97. The Morgan fingerprint density at radius 2 is 2.10 bits per heavy atom. The Balaban J connectivity index is 1.40. The van der Waals surface area contributed by atoms with E-state index in [0.29, 0.717) is 19.0 Å². The maximum atomic E-state index is 12.4. The number of nitrogens with zero attached hydrogens (tertiary/aromatic N) is 2. The van der Waals surface area contributed by atoms with Crippen LogP contribution in [0.15, 0.2) is 18.2 Å². The number of hydrogen-bond donors (Lipinski definition) is 2. The molecule has 0 bridgehead atoms. The SMILES string of the molecule is CC(=O)NCC1CN(c2ccc3c(c2)CCCc2c-3n[nH]c2C2CCCC2)C(=O)O1. The van der Waals surface area contributed by atoms with E-state index < -0.39 is 0 Å². The number of aromatic nitrogens is 2. The third kappa shape index (κ3) is 3.46. The van der Waals surface area contributed by atoms with Gasteiger partial charge in [0.05, 0.1) is 18.8 Å². The van der Waals surface area contributed by atoms with Crippen molar-refractivity contribution in [1.82, 2.24) is 15.5 Å². The molecule has 1 aromatic heterocycles. The molecule has 2 N–H and O–H groups in total. The second kappa shape index (κ2) is 7.78. The number of fused-ring (bicyclic) bond motifs is 3. The van der Waals surface area contributed by atoms with Crippen LogP contribution in [0, 0.1) is 0 Å². The van der Waals surface area contributed by atoms with Crippen molar-refractivity contribution in [1.29, 1.82) is 0 Å². The summed E-state index contributed by atoms with van der Waals surface area (Å²) in [6.07, 6.45) is 7.57. The summed E-state index contributed by atoms with van der Waals surface area (Å²) in [7, 11) is 0. The molecule has 2 aromatic rings. The average molecular weight is 409 g/mol. The highest BCUT2D eigenvalue weighted by Crippen LogP contribution is 2.41. The third-order valence-corrected chi connectivity index (χ3v) is 6.64. The molecule has 0 radical (unpaired) electrons. The van der Waals surface area contributed by atoms with E-state index in [1.807, 2.05) is 6.07 Å². The van der Waals surface area contributed by atoms with Gasteiger partial charge in [-0.1, -0.05) is 18.9 Å². The molecule has 0 spiro atoms. The van der Waals surface area contributed by atoms with E-state index in [9.17, 15) is 9.59 Å². The third-order valence-electron chi connectivity index (χ3n) is 6.64. The molecule has 1 atom stereocenters. The van der Waals surface area contributed by atoms with Crippen LogP contribution in [0.4, 0.5) is 10.5 Å². The van der Waals surface area contributed by atoms with E-state index in [2.05, 4.69) is 22.5 Å². The van der Waals surface area contributed by atoms with E-state index in [1.54, 1.807) is 4.90 Å². The highest BCUT2D eigenvalue weighted by Gasteiger charge is 2.33. The van der Waals surface area contributed by atoms with E-state index >= 15 is 0 Å². The van der Waals surface area contributed by atoms with Crippen molar-refractivity contribution in [3.8, 4) is 11.3 Å². The Labute approximate surface area is 176 Å². The summed E-state index contributed by atoms with van der Waals surface area (Å²) in [5.74, 6) is 0.503. The monoisotopic (exact) mass is 408 g/mol. The largest absolute Gasteiger partial charge is 0.442 e. The second-order valence-electron chi connectivity index (χ2n) is 8.69. The van der Waals surface area contributed by atoms with Crippen molar-refractivity contribution in [3.63, 3.8) is 0 Å². The van der Waals surface area contributed by atoms with E-state index in [0.717, 1.165) is 30.6 Å². The standard InChI is InChI=1S/C23H28N4O3/c1-14(28)24-12-18-13-27(23(29)30-18)17-9-10-19-16(11-17)7-4-8-20-21(25-26-22(19)20)15-5-2-3-6-15/h9-11,15,18H,2-8,12-13H2,1H3,(H,24,28)(H,25,26). The number of benzene rings is 1. The predicted molar refractivity (Wildman–Crippen MR) is 114 cm³/mol. The van der Waals surface area contributed by atoms with Crippen LogP contribution in [-0.4, -0.2) is 41.4 Å². The minimum atomic E-state index is -0.358. The fourth-order valence-corrected chi connectivity index (χ4v) is 5.14. The van der Waals surface area contributed by atoms with Crippen LogP contribution in [0.5, 0.6) is 0 Å². The van der Waals surface area contributed by atoms with Gasteiger partial charge in [-0.2, -0.15) is 5.10 Å². The fourth-order valence-electron chi connectivity index (χ4n) is 5.14. The molecule has 7 nitrogen and oxygen atoms in total. The number of H-pyrrole nitrogens is 1. The second-order valence-corrected chi connectivity index (χ2v) is 8.69. The van der Waals surface area contributed by atoms with Gasteiger partial charge in [-0.3, -0.25) is 14.8 Å². The Hall–Kier alpha value is -2.83. The normalized spacial score (nSPS) is 21.2. The molecule has 3 aliphatic rings. The minimum Gasteiger partial charge on any atom is -0.442 e. The first-order chi connectivity index (χ1) is 14.6. The highest BCUT2D eigenvalue weighted by molar-refractivity contribution is 5.90. The minimum absolute atomic E-state index is 0.124. The number of aromatic amines is 1. The molecule has 1 unspecified atom stereocenters. The van der Waals surface area contributed by atoms with Gasteiger partial charge in [-0.25, -0.2) is 4.79 Å². The van der Waals surface area contributed by atoms with Crippen molar-refractivity contribution in [3.05, 3.63) is 35.0 Å². The summed E-state index contributed by atoms with van der Waals surface area (Å²) in [4.78, 5) is 25.2. The van der Waals surface area contributed by atoms with Crippen molar-refractivity contribution >= 4 is 17.7 Å². The summed E-state index contributed by atoms with van der Waals surface area (Å²) in [6, 6.07) is 6.19. The van der Waals surface area contributed by atoms with Gasteiger partial charge in [0.15, 0.2) is 0 Å². The smallest absolute Gasteiger partial charge is 0.414 e. The van der Waals surface area contributed by atoms with Crippen LogP contribution in [-0.2, 0) is 22.4 Å². The lowest BCUT2D eigenvalue weighted by Crippen LogP contribution is -2.33. The summed E-state index contributed by atoms with van der Waals surface area (Å²) in [6.45, 7) is 2.24. The van der Waals surface area contributed by atoms with Crippen molar-refractivity contribution in [2.24, 2.45) is 0 Å². The van der Waals surface area contributed by atoms with Gasteiger partial charge in [-0.05, 0) is 49.8 Å². The van der Waals surface area contributed by atoms with Crippen LogP contribution < -0.4 is 10.2 Å². The number of rotatable bonds is 4. The number of amides is 2. The summed E-state index contributed by atoms with van der Waals surface area (Å²) < 4.78 is 5.42.